The van der Waals surface area contributed by atoms with Gasteiger partial charge in [0.2, 0.25) is 5.91 Å². The summed E-state index contributed by atoms with van der Waals surface area (Å²) in [5.41, 5.74) is 1.61. The Hall–Kier alpha value is -2.21. The predicted octanol–water partition coefficient (Wildman–Crippen LogP) is 3.28. The Bertz CT molecular complexity index is 765. The van der Waals surface area contributed by atoms with Crippen molar-refractivity contribution >= 4 is 23.2 Å². The van der Waals surface area contributed by atoms with Crippen LogP contribution in [0.1, 0.15) is 52.3 Å². The third-order valence-electron chi connectivity index (χ3n) is 4.48. The number of nitrogens with zero attached hydrogens (tertiary/aromatic N) is 1. The Kier molecular flexibility index (Phi) is 4.66. The fourth-order valence-electron chi connectivity index (χ4n) is 3.02. The van der Waals surface area contributed by atoms with E-state index in [1.165, 1.54) is 0 Å². The van der Waals surface area contributed by atoms with Crippen molar-refractivity contribution in [1.29, 1.82) is 0 Å². The van der Waals surface area contributed by atoms with Crippen LogP contribution in [0.4, 0.5) is 0 Å². The number of carboxylic acids is 1. The van der Waals surface area contributed by atoms with Crippen LogP contribution in [0, 0.1) is 6.92 Å². The molecular weight excluding hydrogens is 324 g/mol. The van der Waals surface area contributed by atoms with Gasteiger partial charge < -0.3 is 10.4 Å². The maximum Gasteiger partial charge on any atom is 0.335 e. The van der Waals surface area contributed by atoms with Gasteiger partial charge in [0.25, 0.3) is 0 Å². The number of aromatic carboxylic acids is 1. The van der Waals surface area contributed by atoms with E-state index in [0.717, 1.165) is 30.0 Å². The minimum absolute atomic E-state index is 0.0530. The van der Waals surface area contributed by atoms with Gasteiger partial charge in [0.15, 0.2) is 0 Å². The molecule has 1 aliphatic rings. The summed E-state index contributed by atoms with van der Waals surface area (Å²) in [5.74, 6) is -1.01. The molecule has 1 aromatic heterocycles. The lowest BCUT2D eigenvalue weighted by Crippen LogP contribution is -2.50. The molecule has 6 heteroatoms. The molecule has 3 rings (SSSR count). The van der Waals surface area contributed by atoms with Gasteiger partial charge in [0, 0.05) is 17.5 Å². The van der Waals surface area contributed by atoms with E-state index in [9.17, 15) is 14.7 Å². The van der Waals surface area contributed by atoms with Crippen molar-refractivity contribution in [3.63, 3.8) is 0 Å². The summed E-state index contributed by atoms with van der Waals surface area (Å²) >= 11 is 1.59. The van der Waals surface area contributed by atoms with Crippen LogP contribution in [-0.4, -0.2) is 22.0 Å². The van der Waals surface area contributed by atoms with E-state index >= 15 is 0 Å². The number of nitrogens with one attached hydrogen (secondary N) is 1. The lowest BCUT2D eigenvalue weighted by molar-refractivity contribution is -0.124. The van der Waals surface area contributed by atoms with Crippen LogP contribution >= 0.6 is 11.3 Å². The predicted molar refractivity (Wildman–Crippen MR) is 92.2 cm³/mol. The zero-order chi connectivity index (χ0) is 17.2. The third kappa shape index (κ3) is 3.33. The Balaban J connectivity index is 1.65. The monoisotopic (exact) mass is 344 g/mol. The molecular formula is C18H20N2O3S. The molecule has 0 radical (unpaired) electrons. The molecule has 126 valence electrons. The van der Waals surface area contributed by atoms with Gasteiger partial charge in [0.1, 0.15) is 5.01 Å². The zero-order valence-corrected chi connectivity index (χ0v) is 14.4. The van der Waals surface area contributed by atoms with E-state index < -0.39 is 5.97 Å². The van der Waals surface area contributed by atoms with Gasteiger partial charge in [-0.15, -0.1) is 11.3 Å². The maximum absolute atomic E-state index is 12.4. The van der Waals surface area contributed by atoms with Crippen LogP contribution in [-0.2, 0) is 16.8 Å². The number of benzene rings is 1. The number of amides is 1. The van der Waals surface area contributed by atoms with Crippen LogP contribution in [0.5, 0.6) is 0 Å². The van der Waals surface area contributed by atoms with E-state index in [1.54, 1.807) is 35.6 Å². The second-order valence-electron chi connectivity index (χ2n) is 6.24. The third-order valence-corrected chi connectivity index (χ3v) is 5.65. The molecule has 0 aliphatic heterocycles. The van der Waals surface area contributed by atoms with Gasteiger partial charge >= 0.3 is 5.97 Å². The molecule has 0 saturated heterocycles. The second kappa shape index (κ2) is 6.73. The summed E-state index contributed by atoms with van der Waals surface area (Å²) in [5, 5.41) is 15.3. The van der Waals surface area contributed by atoms with Gasteiger partial charge in [-0.3, -0.25) is 4.79 Å². The van der Waals surface area contributed by atoms with E-state index in [1.807, 2.05) is 12.3 Å². The minimum atomic E-state index is -0.959. The van der Waals surface area contributed by atoms with Crippen LogP contribution < -0.4 is 5.32 Å². The number of hydrogen-bond donors (Lipinski definition) is 2. The first-order valence-electron chi connectivity index (χ1n) is 8.05. The molecule has 1 fully saturated rings. The van der Waals surface area contributed by atoms with Gasteiger partial charge in [-0.25, -0.2) is 9.78 Å². The number of carbonyl (C=O) groups excluding carboxylic acids is 1. The second-order valence-corrected chi connectivity index (χ2v) is 7.10. The van der Waals surface area contributed by atoms with E-state index in [2.05, 4.69) is 10.3 Å². The van der Waals surface area contributed by atoms with E-state index in [-0.39, 0.29) is 23.4 Å². The Morgan fingerprint density at radius 1 is 1.33 bits per heavy atom. The highest BCUT2D eigenvalue weighted by molar-refractivity contribution is 7.09. The fraction of sp³-hybridized carbons (Fsp3) is 0.389. The average Bonchev–Trinajstić information content (AvgIpc) is 2.95. The van der Waals surface area contributed by atoms with Crippen LogP contribution in [0.3, 0.4) is 0 Å². The number of carbonyl (C=O) groups is 2. The maximum atomic E-state index is 12.4. The molecule has 0 atom stereocenters. The van der Waals surface area contributed by atoms with Crippen molar-refractivity contribution in [3.8, 4) is 0 Å². The molecule has 2 N–H and O–H groups in total. The molecule has 5 nitrogen and oxygen atoms in total. The lowest BCUT2D eigenvalue weighted by Gasteiger charge is -2.40. The highest BCUT2D eigenvalue weighted by Crippen LogP contribution is 2.42. The number of aryl methyl sites for hydroxylation is 2. The summed E-state index contributed by atoms with van der Waals surface area (Å²) in [4.78, 5) is 28.2. The van der Waals surface area contributed by atoms with Gasteiger partial charge in [0.05, 0.1) is 11.1 Å². The van der Waals surface area contributed by atoms with Gasteiger partial charge in [-0.1, -0.05) is 18.2 Å². The van der Waals surface area contributed by atoms with Crippen LogP contribution in [0.25, 0.3) is 0 Å². The van der Waals surface area contributed by atoms with Crippen LogP contribution in [0.15, 0.2) is 29.6 Å². The molecule has 24 heavy (non-hydrogen) atoms. The van der Waals surface area contributed by atoms with Crippen LogP contribution in [0.2, 0.25) is 0 Å². The number of carboxylic acid groups (broad SMARTS) is 1. The van der Waals surface area contributed by atoms with Gasteiger partial charge in [-0.2, -0.15) is 0 Å². The molecule has 1 amide bonds. The molecule has 1 heterocycles. The molecule has 1 saturated carbocycles. The SMILES string of the molecule is Cc1csc(C2(NC(=O)CCc3ccccc3C(=O)O)CCC2)n1. The zero-order valence-electron chi connectivity index (χ0n) is 13.5. The molecule has 1 aromatic carbocycles. The quantitative estimate of drug-likeness (QED) is 0.843. The smallest absolute Gasteiger partial charge is 0.335 e. The summed E-state index contributed by atoms with van der Waals surface area (Å²) in [6.07, 6.45) is 3.60. The largest absolute Gasteiger partial charge is 0.478 e. The lowest BCUT2D eigenvalue weighted by atomic mass is 9.77. The van der Waals surface area contributed by atoms with Crippen molar-refractivity contribution in [2.75, 3.05) is 0 Å². The standard InChI is InChI=1S/C18H20N2O3S/c1-12-11-24-17(19-12)18(9-4-10-18)20-15(21)8-7-13-5-2-3-6-14(13)16(22)23/h2-3,5-6,11H,4,7-10H2,1H3,(H,20,21)(H,22,23). The summed E-state index contributed by atoms with van der Waals surface area (Å²) < 4.78 is 0. The highest BCUT2D eigenvalue weighted by atomic mass is 32.1. The molecule has 0 bridgehead atoms. The topological polar surface area (TPSA) is 79.3 Å². The summed E-state index contributed by atoms with van der Waals surface area (Å²) in [6, 6.07) is 6.83. The van der Waals surface area contributed by atoms with E-state index in [4.69, 9.17) is 0 Å². The summed E-state index contributed by atoms with van der Waals surface area (Å²) in [6.45, 7) is 1.96. The van der Waals surface area contributed by atoms with Crippen molar-refractivity contribution in [1.82, 2.24) is 10.3 Å². The van der Waals surface area contributed by atoms with Crippen molar-refractivity contribution < 1.29 is 14.7 Å². The first kappa shape index (κ1) is 16.6. The number of rotatable bonds is 6. The fourth-order valence-corrected chi connectivity index (χ4v) is 4.03. The number of hydrogen-bond acceptors (Lipinski definition) is 4. The van der Waals surface area contributed by atoms with E-state index in [0.29, 0.717) is 12.0 Å². The Morgan fingerprint density at radius 3 is 2.67 bits per heavy atom. The van der Waals surface area contributed by atoms with Crippen molar-refractivity contribution in [2.45, 2.75) is 44.6 Å². The number of thiazole rings is 1. The number of aromatic nitrogens is 1. The Morgan fingerprint density at radius 2 is 2.08 bits per heavy atom. The van der Waals surface area contributed by atoms with Crippen molar-refractivity contribution in [2.24, 2.45) is 0 Å². The Labute approximate surface area is 144 Å². The molecule has 0 unspecified atom stereocenters. The molecule has 2 aromatic rings. The first-order chi connectivity index (χ1) is 11.5. The normalized spacial score (nSPS) is 15.5. The summed E-state index contributed by atoms with van der Waals surface area (Å²) in [7, 11) is 0. The minimum Gasteiger partial charge on any atom is -0.478 e. The molecule has 0 spiro atoms. The highest BCUT2D eigenvalue weighted by Gasteiger charge is 2.42. The molecule has 1 aliphatic carbocycles. The van der Waals surface area contributed by atoms with Crippen molar-refractivity contribution in [3.05, 3.63) is 51.5 Å². The first-order valence-corrected chi connectivity index (χ1v) is 8.93. The average molecular weight is 344 g/mol. The van der Waals surface area contributed by atoms with Gasteiger partial charge in [-0.05, 0) is 44.2 Å².